The summed E-state index contributed by atoms with van der Waals surface area (Å²) in [5.41, 5.74) is 22.4. The molecule has 2 aliphatic carbocycles. The van der Waals surface area contributed by atoms with Crippen LogP contribution in [0.1, 0.15) is 26.2 Å². The van der Waals surface area contributed by atoms with Crippen LogP contribution in [0.25, 0.3) is 0 Å². The molecular formula is C25H48N6O12. The lowest BCUT2D eigenvalue weighted by molar-refractivity contribution is -0.320. The Morgan fingerprint density at radius 1 is 0.860 bits per heavy atom. The third kappa shape index (κ3) is 7.14. The standard InChI is InChI=1S/C25H48N6O12/c1-2-30-6-11-16(34)17(35)14(29)22(40-11)42-20-9(27)3-10(31-24(38)25(39)4-8(26)5-25)21(19(20)37)43-23-18(36)13(28)15(33)12(7-32)41-23/h8-23,30,32-37,39H,2-7,26-29H2,1H3,(H,31,38)/t8?,9-,10+,11+,12+,13-,14+,15+,16+,17+,18+,19-,20+,21-,22+,23+,25?/m0/s1. The van der Waals surface area contributed by atoms with Crippen LogP contribution in [0.5, 0.6) is 0 Å². The zero-order valence-corrected chi connectivity index (χ0v) is 24.0. The molecule has 4 fully saturated rings. The maximum absolute atomic E-state index is 13.0. The van der Waals surface area contributed by atoms with Crippen molar-refractivity contribution in [2.45, 2.75) is 130 Å². The van der Waals surface area contributed by atoms with Gasteiger partial charge in [0.05, 0.1) is 24.7 Å². The summed E-state index contributed by atoms with van der Waals surface area (Å²) in [6.45, 7) is 1.92. The molecule has 15 atom stereocenters. The van der Waals surface area contributed by atoms with Crippen molar-refractivity contribution in [1.29, 1.82) is 0 Å². The molecule has 18 nitrogen and oxygen atoms in total. The van der Waals surface area contributed by atoms with E-state index in [-0.39, 0.29) is 31.8 Å². The number of nitrogens with one attached hydrogen (secondary N) is 2. The molecule has 18 heteroatoms. The highest BCUT2D eigenvalue weighted by Gasteiger charge is 2.54. The number of carbonyl (C=O) groups is 1. The number of amides is 1. The number of hydrogen-bond acceptors (Lipinski definition) is 17. The molecule has 0 aromatic rings. The SMILES string of the molecule is CCNC[C@H]1O[C@H](O[C@H]2[C@H](O)[C@@H](O[C@H]3O[C@H](CO)[C@@H](O)[C@H](N)[C@H]3O)[C@H](NC(=O)C3(O)CC(N)C3)C[C@@H]2N)[C@H](N)[C@@H](O)[C@@H]1O. The maximum atomic E-state index is 13.0. The van der Waals surface area contributed by atoms with Crippen LogP contribution in [0.2, 0.25) is 0 Å². The van der Waals surface area contributed by atoms with Gasteiger partial charge in [0.25, 0.3) is 5.91 Å². The van der Waals surface area contributed by atoms with Crippen molar-refractivity contribution in [1.82, 2.24) is 10.6 Å². The molecule has 2 heterocycles. The van der Waals surface area contributed by atoms with Gasteiger partial charge in [-0.3, -0.25) is 4.79 Å². The third-order valence-corrected chi connectivity index (χ3v) is 8.82. The van der Waals surface area contributed by atoms with Gasteiger partial charge in [0.1, 0.15) is 60.5 Å². The summed E-state index contributed by atoms with van der Waals surface area (Å²) in [5.74, 6) is -0.766. The van der Waals surface area contributed by atoms with E-state index in [0.717, 1.165) is 0 Å². The first kappa shape index (κ1) is 34.7. The van der Waals surface area contributed by atoms with Gasteiger partial charge >= 0.3 is 0 Å². The van der Waals surface area contributed by atoms with E-state index in [4.69, 9.17) is 41.9 Å². The Bertz CT molecular complexity index is 933. The molecule has 43 heavy (non-hydrogen) atoms. The van der Waals surface area contributed by atoms with Crippen molar-refractivity contribution in [3.63, 3.8) is 0 Å². The summed E-state index contributed by atoms with van der Waals surface area (Å²) < 4.78 is 23.3. The first-order valence-corrected chi connectivity index (χ1v) is 14.6. The van der Waals surface area contributed by atoms with Gasteiger partial charge in [-0.2, -0.15) is 0 Å². The van der Waals surface area contributed by atoms with Crippen molar-refractivity contribution in [3.8, 4) is 0 Å². The van der Waals surface area contributed by atoms with E-state index < -0.39 is 110 Å². The molecule has 250 valence electrons. The monoisotopic (exact) mass is 624 g/mol. The van der Waals surface area contributed by atoms with E-state index in [0.29, 0.717) is 6.54 Å². The number of carbonyl (C=O) groups excluding carboxylic acids is 1. The Kier molecular flexibility index (Phi) is 11.4. The number of aliphatic hydroxyl groups excluding tert-OH is 6. The van der Waals surface area contributed by atoms with Crippen LogP contribution in [-0.4, -0.2) is 165 Å². The number of rotatable bonds is 10. The summed E-state index contributed by atoms with van der Waals surface area (Å²) >= 11 is 0. The van der Waals surface area contributed by atoms with Crippen LogP contribution in [0.15, 0.2) is 0 Å². The van der Waals surface area contributed by atoms with Crippen molar-refractivity contribution in [2.24, 2.45) is 22.9 Å². The lowest BCUT2D eigenvalue weighted by Gasteiger charge is -2.49. The molecule has 17 N–H and O–H groups in total. The van der Waals surface area contributed by atoms with Crippen molar-refractivity contribution >= 4 is 5.91 Å². The largest absolute Gasteiger partial charge is 0.394 e. The predicted octanol–water partition coefficient (Wildman–Crippen LogP) is -7.66. The summed E-state index contributed by atoms with van der Waals surface area (Å²) in [5, 5.41) is 79.4. The van der Waals surface area contributed by atoms with E-state index >= 15 is 0 Å². The van der Waals surface area contributed by atoms with Crippen LogP contribution in [0.3, 0.4) is 0 Å². The van der Waals surface area contributed by atoms with Crippen LogP contribution >= 0.6 is 0 Å². The van der Waals surface area contributed by atoms with Crippen molar-refractivity contribution in [3.05, 3.63) is 0 Å². The van der Waals surface area contributed by atoms with Crippen LogP contribution < -0.4 is 33.6 Å². The Morgan fingerprint density at radius 2 is 1.49 bits per heavy atom. The molecule has 4 rings (SSSR count). The molecule has 2 saturated carbocycles. The minimum atomic E-state index is -1.73. The minimum Gasteiger partial charge on any atom is -0.394 e. The molecule has 0 spiro atoms. The van der Waals surface area contributed by atoms with E-state index in [9.17, 15) is 40.5 Å². The van der Waals surface area contributed by atoms with Gasteiger partial charge in [-0.25, -0.2) is 0 Å². The Labute approximate surface area is 248 Å². The summed E-state index contributed by atoms with van der Waals surface area (Å²) in [7, 11) is 0. The second kappa shape index (κ2) is 14.1. The topological polar surface area (TPSA) is 324 Å². The Morgan fingerprint density at radius 3 is 2.09 bits per heavy atom. The Balaban J connectivity index is 1.55. The maximum Gasteiger partial charge on any atom is 0.252 e. The first-order chi connectivity index (χ1) is 20.2. The minimum absolute atomic E-state index is 0.0198. The van der Waals surface area contributed by atoms with E-state index in [1.54, 1.807) is 0 Å². The highest BCUT2D eigenvalue weighted by atomic mass is 16.7. The average Bonchev–Trinajstić information content (AvgIpc) is 2.95. The second-order valence-electron chi connectivity index (χ2n) is 12.1. The van der Waals surface area contributed by atoms with Crippen molar-refractivity contribution in [2.75, 3.05) is 19.7 Å². The zero-order valence-electron chi connectivity index (χ0n) is 24.0. The number of likely N-dealkylation sites (N-methyl/N-ethyl adjacent to an activating group) is 1. The second-order valence-corrected chi connectivity index (χ2v) is 12.1. The molecule has 1 amide bonds. The molecule has 2 aliphatic heterocycles. The van der Waals surface area contributed by atoms with Crippen LogP contribution in [0, 0.1) is 0 Å². The zero-order chi connectivity index (χ0) is 31.8. The average molecular weight is 625 g/mol. The van der Waals surface area contributed by atoms with Gasteiger partial charge < -0.3 is 88.3 Å². The van der Waals surface area contributed by atoms with Gasteiger partial charge in [0, 0.05) is 31.5 Å². The fourth-order valence-corrected chi connectivity index (χ4v) is 6.10. The molecular weight excluding hydrogens is 576 g/mol. The normalized spacial score (nSPS) is 50.6. The van der Waals surface area contributed by atoms with E-state index in [1.807, 2.05) is 6.92 Å². The summed E-state index contributed by atoms with van der Waals surface area (Å²) in [6.07, 6.45) is -15.2. The van der Waals surface area contributed by atoms with Gasteiger partial charge in [0.2, 0.25) is 0 Å². The molecule has 0 aromatic carbocycles. The predicted molar refractivity (Wildman–Crippen MR) is 145 cm³/mol. The summed E-state index contributed by atoms with van der Waals surface area (Å²) in [6, 6.07) is -4.91. The van der Waals surface area contributed by atoms with Crippen LogP contribution in [-0.2, 0) is 23.7 Å². The lowest BCUT2D eigenvalue weighted by Crippen LogP contribution is -2.71. The lowest BCUT2D eigenvalue weighted by atomic mass is 9.75. The number of ether oxygens (including phenoxy) is 4. The van der Waals surface area contributed by atoms with Gasteiger partial charge in [-0.1, -0.05) is 6.92 Å². The Hall–Kier alpha value is -1.17. The quantitative estimate of drug-likeness (QED) is 0.107. The van der Waals surface area contributed by atoms with Gasteiger partial charge in [-0.15, -0.1) is 0 Å². The highest BCUT2D eigenvalue weighted by molar-refractivity contribution is 5.86. The fraction of sp³-hybridized carbons (Fsp3) is 0.960. The molecule has 0 unspecified atom stereocenters. The van der Waals surface area contributed by atoms with Gasteiger partial charge in [0.15, 0.2) is 12.6 Å². The number of hydrogen-bond donors (Lipinski definition) is 13. The molecule has 2 saturated heterocycles. The first-order valence-electron chi connectivity index (χ1n) is 14.6. The fourth-order valence-electron chi connectivity index (χ4n) is 6.10. The number of nitrogens with two attached hydrogens (primary N) is 4. The number of aliphatic hydroxyl groups is 7. The van der Waals surface area contributed by atoms with Crippen molar-refractivity contribution < 1.29 is 59.5 Å². The summed E-state index contributed by atoms with van der Waals surface area (Å²) in [4.78, 5) is 13.0. The molecule has 0 radical (unpaired) electrons. The molecule has 4 aliphatic rings. The van der Waals surface area contributed by atoms with Crippen LogP contribution in [0.4, 0.5) is 0 Å². The van der Waals surface area contributed by atoms with Gasteiger partial charge in [-0.05, 0) is 13.0 Å². The smallest absolute Gasteiger partial charge is 0.252 e. The molecule has 0 aromatic heterocycles. The third-order valence-electron chi connectivity index (χ3n) is 8.82. The highest BCUT2D eigenvalue weighted by Crippen LogP contribution is 2.34. The van der Waals surface area contributed by atoms with E-state index in [2.05, 4.69) is 10.6 Å². The molecule has 0 bridgehead atoms. The van der Waals surface area contributed by atoms with E-state index in [1.165, 1.54) is 0 Å².